The van der Waals surface area contributed by atoms with Crippen molar-refractivity contribution in [3.63, 3.8) is 0 Å². The second-order valence-corrected chi connectivity index (χ2v) is 10.4. The predicted molar refractivity (Wildman–Crippen MR) is 158 cm³/mol. The summed E-state index contributed by atoms with van der Waals surface area (Å²) in [4.78, 5) is 38.0. The lowest BCUT2D eigenvalue weighted by atomic mass is 9.96. The van der Waals surface area contributed by atoms with Crippen LogP contribution < -0.4 is 14.4 Å². The average molecular weight is 567 g/mol. The first-order valence-electron chi connectivity index (χ1n) is 13.0. The number of carbonyl (C=O) groups is 2. The summed E-state index contributed by atoms with van der Waals surface area (Å²) in [6.45, 7) is 8.18. The fourth-order valence-corrected chi connectivity index (χ4v) is 6.05. The van der Waals surface area contributed by atoms with E-state index >= 15 is 0 Å². The molecule has 1 amide bonds. The van der Waals surface area contributed by atoms with Crippen LogP contribution in [0, 0.1) is 6.92 Å². The lowest BCUT2D eigenvalue weighted by Crippen LogP contribution is -2.29. The van der Waals surface area contributed by atoms with Crippen molar-refractivity contribution < 1.29 is 24.2 Å². The van der Waals surface area contributed by atoms with E-state index in [9.17, 15) is 14.7 Å². The van der Waals surface area contributed by atoms with Crippen molar-refractivity contribution >= 4 is 49.8 Å². The van der Waals surface area contributed by atoms with E-state index in [1.807, 2.05) is 31.2 Å². The Balaban J connectivity index is 1.54. The summed E-state index contributed by atoms with van der Waals surface area (Å²) in [7, 11) is 0. The Kier molecular flexibility index (Phi) is 6.76. The maximum Gasteiger partial charge on any atom is 0.301 e. The number of rotatable bonds is 8. The number of thiazole rings is 1. The first-order chi connectivity index (χ1) is 19.9. The molecule has 0 saturated carbocycles. The molecule has 3 aromatic heterocycles. The molecule has 1 atom stereocenters. The van der Waals surface area contributed by atoms with Gasteiger partial charge in [-0.25, -0.2) is 9.97 Å². The average Bonchev–Trinajstić information content (AvgIpc) is 3.62. The molecule has 0 spiro atoms. The summed E-state index contributed by atoms with van der Waals surface area (Å²) in [6, 6.07) is 17.1. The van der Waals surface area contributed by atoms with Gasteiger partial charge in [0, 0.05) is 6.20 Å². The number of pyridine rings is 1. The summed E-state index contributed by atoms with van der Waals surface area (Å²) in [5, 5.41) is 12.1. The van der Waals surface area contributed by atoms with E-state index in [1.165, 1.54) is 16.2 Å². The second kappa shape index (κ2) is 10.5. The van der Waals surface area contributed by atoms with Crippen molar-refractivity contribution in [2.24, 2.45) is 0 Å². The van der Waals surface area contributed by atoms with Crippen LogP contribution in [0.4, 0.5) is 5.13 Å². The predicted octanol–water partition coefficient (Wildman–Crippen LogP) is 5.84. The summed E-state index contributed by atoms with van der Waals surface area (Å²) < 4.78 is 13.8. The summed E-state index contributed by atoms with van der Waals surface area (Å²) >= 11 is 1.27. The molecular weight excluding hydrogens is 540 g/mol. The number of benzene rings is 2. The number of aliphatic hydroxyl groups is 1. The van der Waals surface area contributed by atoms with Crippen molar-refractivity contribution in [2.75, 3.05) is 18.1 Å². The van der Waals surface area contributed by atoms with Crippen LogP contribution in [0.3, 0.4) is 0 Å². The van der Waals surface area contributed by atoms with Crippen LogP contribution in [0.1, 0.15) is 29.9 Å². The zero-order valence-electron chi connectivity index (χ0n) is 22.4. The Hall–Kier alpha value is -4.96. The quantitative estimate of drug-likeness (QED) is 0.109. The molecule has 10 heteroatoms. The fourth-order valence-electron chi connectivity index (χ4n) is 5.03. The first-order valence-corrected chi connectivity index (χ1v) is 13.8. The van der Waals surface area contributed by atoms with Crippen molar-refractivity contribution in [1.82, 2.24) is 14.4 Å². The molecule has 206 valence electrons. The summed E-state index contributed by atoms with van der Waals surface area (Å²) in [6.07, 6.45) is 3.40. The molecule has 4 heterocycles. The summed E-state index contributed by atoms with van der Waals surface area (Å²) in [5.41, 5.74) is 2.71. The Labute approximate surface area is 239 Å². The topological polar surface area (TPSA) is 106 Å². The number of fused-ring (bicyclic) bond motifs is 2. The van der Waals surface area contributed by atoms with Gasteiger partial charge in [0.2, 0.25) is 0 Å². The summed E-state index contributed by atoms with van der Waals surface area (Å²) in [5.74, 6) is -0.601. The highest BCUT2D eigenvalue weighted by molar-refractivity contribution is 7.22. The Bertz CT molecular complexity index is 1850. The van der Waals surface area contributed by atoms with Gasteiger partial charge in [0.05, 0.1) is 34.1 Å². The lowest BCUT2D eigenvalue weighted by Gasteiger charge is -2.23. The third-order valence-electron chi connectivity index (χ3n) is 6.80. The van der Waals surface area contributed by atoms with Crippen LogP contribution in [0.15, 0.2) is 85.1 Å². The zero-order valence-corrected chi connectivity index (χ0v) is 23.2. The van der Waals surface area contributed by atoms with Crippen LogP contribution in [-0.4, -0.2) is 44.4 Å². The molecule has 41 heavy (non-hydrogen) atoms. The van der Waals surface area contributed by atoms with E-state index in [2.05, 4.69) is 11.6 Å². The van der Waals surface area contributed by atoms with E-state index in [4.69, 9.17) is 14.5 Å². The SMILES string of the molecule is C=CCOc1ccc(C2C(=C(O)c3c(C)nc4ccccn34)C(=O)C(=O)N2c2nc3ccc(OCC)cc3s2)cc1. The maximum absolute atomic E-state index is 13.7. The molecule has 0 radical (unpaired) electrons. The number of imidazole rings is 1. The van der Waals surface area contributed by atoms with Crippen LogP contribution >= 0.6 is 11.3 Å². The number of ketones is 1. The van der Waals surface area contributed by atoms with Gasteiger partial charge in [0.1, 0.15) is 29.4 Å². The number of carbonyl (C=O) groups excluding carboxylic acids is 2. The van der Waals surface area contributed by atoms with Crippen LogP contribution in [-0.2, 0) is 9.59 Å². The van der Waals surface area contributed by atoms with Crippen LogP contribution in [0.2, 0.25) is 0 Å². The molecular formula is C31H26N4O5S. The number of aromatic nitrogens is 3. The number of ether oxygens (including phenoxy) is 2. The smallest absolute Gasteiger partial charge is 0.301 e. The van der Waals surface area contributed by atoms with Crippen molar-refractivity contribution in [3.05, 3.63) is 102 Å². The van der Waals surface area contributed by atoms with Gasteiger partial charge in [-0.1, -0.05) is 42.2 Å². The standard InChI is InChI=1S/C31H26N4O5S/c1-4-16-40-20-11-9-19(10-12-20)27-25(28(36)26-18(3)32-24-8-6-7-15-34(24)26)29(37)30(38)35(27)31-33-22-14-13-21(39-5-2)17-23(22)41-31/h4,6-15,17,27,36H,1,5,16H2,2-3H3. The van der Waals surface area contributed by atoms with Gasteiger partial charge in [-0.05, 0) is 61.9 Å². The van der Waals surface area contributed by atoms with E-state index in [1.54, 1.807) is 60.0 Å². The third kappa shape index (κ3) is 4.52. The third-order valence-corrected chi connectivity index (χ3v) is 7.82. The van der Waals surface area contributed by atoms with E-state index in [0.717, 1.165) is 4.70 Å². The molecule has 1 aliphatic heterocycles. The minimum atomic E-state index is -0.941. The lowest BCUT2D eigenvalue weighted by molar-refractivity contribution is -0.132. The van der Waals surface area contributed by atoms with E-state index < -0.39 is 17.7 Å². The number of hydrogen-bond acceptors (Lipinski definition) is 8. The minimum Gasteiger partial charge on any atom is -0.505 e. The van der Waals surface area contributed by atoms with Gasteiger partial charge in [0.15, 0.2) is 10.9 Å². The van der Waals surface area contributed by atoms with E-state index in [-0.39, 0.29) is 11.3 Å². The highest BCUT2D eigenvalue weighted by atomic mass is 32.1. The Morgan fingerprint density at radius 2 is 1.85 bits per heavy atom. The number of Topliss-reactive ketones (excluding diaryl/α,β-unsaturated/α-hetero) is 1. The molecule has 9 nitrogen and oxygen atoms in total. The molecule has 1 fully saturated rings. The second-order valence-electron chi connectivity index (χ2n) is 9.37. The number of hydrogen-bond donors (Lipinski definition) is 1. The minimum absolute atomic E-state index is 0.0437. The molecule has 1 saturated heterocycles. The van der Waals surface area contributed by atoms with Crippen molar-refractivity contribution in [3.8, 4) is 11.5 Å². The van der Waals surface area contributed by atoms with Gasteiger partial charge in [-0.15, -0.1) is 0 Å². The largest absolute Gasteiger partial charge is 0.505 e. The van der Waals surface area contributed by atoms with Gasteiger partial charge >= 0.3 is 5.91 Å². The molecule has 2 aromatic carbocycles. The molecule has 0 aliphatic carbocycles. The molecule has 1 N–H and O–H groups in total. The van der Waals surface area contributed by atoms with Crippen LogP contribution in [0.25, 0.3) is 21.6 Å². The molecule has 1 aliphatic rings. The number of anilines is 1. The van der Waals surface area contributed by atoms with E-state index in [0.29, 0.717) is 58.0 Å². The first kappa shape index (κ1) is 26.3. The zero-order chi connectivity index (χ0) is 28.7. The Morgan fingerprint density at radius 1 is 1.07 bits per heavy atom. The highest BCUT2D eigenvalue weighted by Crippen LogP contribution is 2.45. The van der Waals surface area contributed by atoms with Gasteiger partial charge in [0.25, 0.3) is 5.78 Å². The molecule has 0 bridgehead atoms. The number of aryl methyl sites for hydroxylation is 1. The fraction of sp³-hybridized carbons (Fsp3) is 0.161. The number of aliphatic hydroxyl groups excluding tert-OH is 1. The van der Waals surface area contributed by atoms with Crippen molar-refractivity contribution in [1.29, 1.82) is 0 Å². The van der Waals surface area contributed by atoms with Gasteiger partial charge < -0.3 is 14.6 Å². The number of nitrogens with zero attached hydrogens (tertiary/aromatic N) is 4. The normalized spacial score (nSPS) is 16.5. The van der Waals surface area contributed by atoms with Crippen molar-refractivity contribution in [2.45, 2.75) is 19.9 Å². The number of amides is 1. The molecule has 5 aromatic rings. The van der Waals surface area contributed by atoms with Gasteiger partial charge in [-0.2, -0.15) is 0 Å². The highest BCUT2D eigenvalue weighted by Gasteiger charge is 2.48. The van der Waals surface area contributed by atoms with Crippen LogP contribution in [0.5, 0.6) is 11.5 Å². The monoisotopic (exact) mass is 566 g/mol. The Morgan fingerprint density at radius 3 is 2.61 bits per heavy atom. The van der Waals surface area contributed by atoms with Gasteiger partial charge in [-0.3, -0.25) is 18.9 Å². The maximum atomic E-state index is 13.7. The molecule has 1 unspecified atom stereocenters. The molecule has 6 rings (SSSR count).